The summed E-state index contributed by atoms with van der Waals surface area (Å²) in [5.74, 6) is -2.06. The molecule has 0 saturated heterocycles. The van der Waals surface area contributed by atoms with Crippen molar-refractivity contribution in [3.05, 3.63) is 107 Å². The molecule has 0 spiro atoms. The summed E-state index contributed by atoms with van der Waals surface area (Å²) in [6.07, 6.45) is 2.97. The van der Waals surface area contributed by atoms with E-state index in [4.69, 9.17) is 5.11 Å². The van der Waals surface area contributed by atoms with Crippen LogP contribution >= 0.6 is 0 Å². The van der Waals surface area contributed by atoms with Gasteiger partial charge in [-0.3, -0.25) is 9.59 Å². The Morgan fingerprint density at radius 2 is 1.44 bits per heavy atom. The zero-order valence-corrected chi connectivity index (χ0v) is 20.1. The van der Waals surface area contributed by atoms with E-state index in [0.29, 0.717) is 11.1 Å². The number of hydrazone groups is 1. The Hall–Kier alpha value is -4.72. The first-order valence-electron chi connectivity index (χ1n) is 11.5. The van der Waals surface area contributed by atoms with Gasteiger partial charge in [-0.05, 0) is 67.4 Å². The summed E-state index contributed by atoms with van der Waals surface area (Å²) in [5.41, 5.74) is 5.41. The zero-order valence-electron chi connectivity index (χ0n) is 20.1. The molecule has 3 N–H and O–H groups in total. The fourth-order valence-corrected chi connectivity index (χ4v) is 3.42. The molecule has 0 saturated carbocycles. The van der Waals surface area contributed by atoms with Crippen LogP contribution in [-0.4, -0.2) is 42.2 Å². The van der Waals surface area contributed by atoms with Crippen LogP contribution < -0.4 is 15.6 Å². The third-order valence-corrected chi connectivity index (χ3v) is 5.40. The smallest absolute Gasteiger partial charge is 0.335 e. The summed E-state index contributed by atoms with van der Waals surface area (Å²) >= 11 is 0. The highest BCUT2D eigenvalue weighted by atomic mass is 16.4. The Kier molecular flexibility index (Phi) is 9.11. The quantitative estimate of drug-likeness (QED) is 0.227. The van der Waals surface area contributed by atoms with Crippen molar-refractivity contribution in [1.29, 1.82) is 0 Å². The summed E-state index contributed by atoms with van der Waals surface area (Å²) < 4.78 is 0. The molecule has 3 aromatic carbocycles. The summed E-state index contributed by atoms with van der Waals surface area (Å²) in [6, 6.07) is 22.3. The number of benzene rings is 3. The van der Waals surface area contributed by atoms with E-state index in [2.05, 4.69) is 34.6 Å². The van der Waals surface area contributed by atoms with E-state index in [1.54, 1.807) is 48.5 Å². The summed E-state index contributed by atoms with van der Waals surface area (Å²) in [7, 11) is 0. The number of hydrogen-bond acceptors (Lipinski definition) is 5. The first-order chi connectivity index (χ1) is 17.4. The van der Waals surface area contributed by atoms with Gasteiger partial charge < -0.3 is 15.3 Å². The van der Waals surface area contributed by atoms with E-state index in [1.165, 1.54) is 18.3 Å². The van der Waals surface area contributed by atoms with Crippen molar-refractivity contribution in [2.45, 2.75) is 13.8 Å². The minimum Gasteiger partial charge on any atom is -0.478 e. The third-order valence-electron chi connectivity index (χ3n) is 5.40. The molecule has 0 heterocycles. The van der Waals surface area contributed by atoms with Crippen molar-refractivity contribution in [3.63, 3.8) is 0 Å². The average Bonchev–Trinajstić information content (AvgIpc) is 2.90. The molecule has 0 aliphatic heterocycles. The molecule has 0 bridgehead atoms. The second-order valence-electron chi connectivity index (χ2n) is 7.77. The predicted molar refractivity (Wildman–Crippen MR) is 141 cm³/mol. The molecule has 0 fully saturated rings. The van der Waals surface area contributed by atoms with Crippen molar-refractivity contribution in [2.24, 2.45) is 5.10 Å². The summed E-state index contributed by atoms with van der Waals surface area (Å²) in [6.45, 7) is 5.92. The highest BCUT2D eigenvalue weighted by Crippen LogP contribution is 2.16. The fraction of sp³-hybridized carbons (Fsp3) is 0.143. The number of aromatic carboxylic acids is 1. The van der Waals surface area contributed by atoms with Gasteiger partial charge in [-0.1, -0.05) is 42.5 Å². The van der Waals surface area contributed by atoms with E-state index in [-0.39, 0.29) is 11.3 Å². The van der Waals surface area contributed by atoms with Gasteiger partial charge in [-0.15, -0.1) is 0 Å². The molecule has 0 atom stereocenters. The van der Waals surface area contributed by atoms with Gasteiger partial charge in [0.05, 0.1) is 11.8 Å². The molecule has 184 valence electrons. The topological polar surface area (TPSA) is 111 Å². The molecule has 36 heavy (non-hydrogen) atoms. The van der Waals surface area contributed by atoms with Crippen LogP contribution in [0.2, 0.25) is 0 Å². The Morgan fingerprint density at radius 3 is 2.03 bits per heavy atom. The molecule has 0 aromatic heterocycles. The number of carbonyl (C=O) groups excluding carboxylic acids is 2. The number of nitrogens with one attached hydrogen (secondary N) is 2. The number of hydrogen-bond donors (Lipinski definition) is 3. The van der Waals surface area contributed by atoms with Gasteiger partial charge >= 0.3 is 5.97 Å². The van der Waals surface area contributed by atoms with Gasteiger partial charge in [-0.2, -0.15) is 5.10 Å². The van der Waals surface area contributed by atoms with Gasteiger partial charge in [0.2, 0.25) is 0 Å². The van der Waals surface area contributed by atoms with Crippen LogP contribution in [0, 0.1) is 0 Å². The van der Waals surface area contributed by atoms with E-state index < -0.39 is 17.8 Å². The van der Waals surface area contributed by atoms with E-state index >= 15 is 0 Å². The maximum absolute atomic E-state index is 12.9. The van der Waals surface area contributed by atoms with Gasteiger partial charge in [-0.25, -0.2) is 10.2 Å². The number of carboxylic acids is 1. The third kappa shape index (κ3) is 7.14. The van der Waals surface area contributed by atoms with Crippen LogP contribution in [0.3, 0.4) is 0 Å². The fourth-order valence-electron chi connectivity index (χ4n) is 3.42. The van der Waals surface area contributed by atoms with Crippen LogP contribution in [0.5, 0.6) is 0 Å². The second kappa shape index (κ2) is 12.7. The van der Waals surface area contributed by atoms with Crippen LogP contribution in [0.4, 0.5) is 5.69 Å². The molecule has 0 unspecified atom stereocenters. The van der Waals surface area contributed by atoms with Crippen LogP contribution in [0.25, 0.3) is 6.08 Å². The van der Waals surface area contributed by atoms with Crippen molar-refractivity contribution >= 4 is 35.8 Å². The number of rotatable bonds is 10. The first-order valence-corrected chi connectivity index (χ1v) is 11.5. The van der Waals surface area contributed by atoms with Gasteiger partial charge in [0, 0.05) is 24.3 Å². The number of anilines is 1. The molecule has 8 heteroatoms. The van der Waals surface area contributed by atoms with Crippen molar-refractivity contribution in [1.82, 2.24) is 10.7 Å². The lowest BCUT2D eigenvalue weighted by Gasteiger charge is -2.20. The zero-order chi connectivity index (χ0) is 25.9. The normalized spacial score (nSPS) is 11.2. The Balaban J connectivity index is 1.80. The number of nitrogens with zero attached hydrogens (tertiary/aromatic N) is 2. The minimum atomic E-state index is -1.03. The van der Waals surface area contributed by atoms with Crippen molar-refractivity contribution < 1.29 is 19.5 Å². The molecule has 3 aromatic rings. The lowest BCUT2D eigenvalue weighted by molar-refractivity contribution is -0.117. The first kappa shape index (κ1) is 25.9. The molecular formula is C28H28N4O4. The number of carboxylic acid groups (broad SMARTS) is 1. The average molecular weight is 485 g/mol. The summed E-state index contributed by atoms with van der Waals surface area (Å²) in [5, 5.41) is 15.6. The maximum Gasteiger partial charge on any atom is 0.335 e. The lowest BCUT2D eigenvalue weighted by atomic mass is 10.1. The van der Waals surface area contributed by atoms with Crippen LogP contribution in [0.1, 0.15) is 45.7 Å². The number of amides is 2. The lowest BCUT2D eigenvalue weighted by Crippen LogP contribution is -2.32. The SMILES string of the molecule is CCN(CC)c1ccc(C=C(NC(=O)c2ccccc2)C(=O)NN=Cc2ccc(C(=O)O)cc2)cc1. The van der Waals surface area contributed by atoms with E-state index in [1.807, 2.05) is 24.3 Å². The van der Waals surface area contributed by atoms with E-state index in [9.17, 15) is 14.4 Å². The van der Waals surface area contributed by atoms with Gasteiger partial charge in [0.15, 0.2) is 0 Å². The Morgan fingerprint density at radius 1 is 0.833 bits per heavy atom. The largest absolute Gasteiger partial charge is 0.478 e. The molecule has 3 rings (SSSR count). The molecular weight excluding hydrogens is 456 g/mol. The van der Waals surface area contributed by atoms with Crippen molar-refractivity contribution in [3.8, 4) is 0 Å². The van der Waals surface area contributed by atoms with Crippen LogP contribution in [-0.2, 0) is 4.79 Å². The molecule has 0 aliphatic rings. The van der Waals surface area contributed by atoms with Crippen molar-refractivity contribution in [2.75, 3.05) is 18.0 Å². The maximum atomic E-state index is 12.9. The standard InChI is InChI=1S/C28H28N4O4/c1-3-32(4-2)24-16-12-20(13-17-24)18-25(30-26(33)22-8-6-5-7-9-22)27(34)31-29-19-21-10-14-23(15-11-21)28(35)36/h5-19H,3-4H2,1-2H3,(H,30,33)(H,31,34)(H,35,36). The predicted octanol–water partition coefficient (Wildman–Crippen LogP) is 4.15. The monoisotopic (exact) mass is 484 g/mol. The highest BCUT2D eigenvalue weighted by molar-refractivity contribution is 6.05. The summed E-state index contributed by atoms with van der Waals surface area (Å²) in [4.78, 5) is 38.8. The Labute approximate surface area is 210 Å². The van der Waals surface area contributed by atoms with Gasteiger partial charge in [0.1, 0.15) is 5.70 Å². The van der Waals surface area contributed by atoms with Crippen LogP contribution in [0.15, 0.2) is 89.7 Å². The molecule has 2 amide bonds. The molecule has 0 radical (unpaired) electrons. The van der Waals surface area contributed by atoms with Gasteiger partial charge in [0.25, 0.3) is 11.8 Å². The highest BCUT2D eigenvalue weighted by Gasteiger charge is 2.14. The molecule has 0 aliphatic carbocycles. The second-order valence-corrected chi connectivity index (χ2v) is 7.77. The number of carbonyl (C=O) groups is 3. The van der Waals surface area contributed by atoms with E-state index in [0.717, 1.165) is 24.3 Å². The Bertz CT molecular complexity index is 1250. The molecule has 8 nitrogen and oxygen atoms in total. The minimum absolute atomic E-state index is 0.0258.